The fourth-order valence-corrected chi connectivity index (χ4v) is 1.36. The topological polar surface area (TPSA) is 21.6 Å². The van der Waals surface area contributed by atoms with Gasteiger partial charge in [-0.1, -0.05) is 53.7 Å². The minimum atomic E-state index is -0.306. The van der Waals surface area contributed by atoms with Gasteiger partial charge in [0.15, 0.2) is 0 Å². The van der Waals surface area contributed by atoms with Crippen molar-refractivity contribution in [3.05, 3.63) is 71.5 Å². The standard InChI is InChI=1S/C14H12FNO/c15-14-9-5-4-8-13(14)10-16-17-11-12-6-2-1-3-7-12/h1-10H,11H2. The Balaban J connectivity index is 1.89. The Morgan fingerprint density at radius 2 is 1.71 bits per heavy atom. The number of benzene rings is 2. The van der Waals surface area contributed by atoms with E-state index in [4.69, 9.17) is 4.84 Å². The Hall–Kier alpha value is -2.16. The first-order valence-electron chi connectivity index (χ1n) is 5.30. The Morgan fingerprint density at radius 1 is 1.00 bits per heavy atom. The van der Waals surface area contributed by atoms with Crippen LogP contribution in [0.5, 0.6) is 0 Å². The Labute approximate surface area is 99.3 Å². The summed E-state index contributed by atoms with van der Waals surface area (Å²) in [6.07, 6.45) is 1.37. The van der Waals surface area contributed by atoms with E-state index in [2.05, 4.69) is 5.16 Å². The van der Waals surface area contributed by atoms with Crippen LogP contribution in [0, 0.1) is 5.82 Å². The van der Waals surface area contributed by atoms with E-state index >= 15 is 0 Å². The van der Waals surface area contributed by atoms with Crippen molar-refractivity contribution in [2.75, 3.05) is 0 Å². The highest BCUT2D eigenvalue weighted by atomic mass is 19.1. The lowest BCUT2D eigenvalue weighted by molar-refractivity contribution is 0.132. The van der Waals surface area contributed by atoms with Gasteiger partial charge >= 0.3 is 0 Å². The molecule has 17 heavy (non-hydrogen) atoms. The largest absolute Gasteiger partial charge is 0.391 e. The number of halogens is 1. The highest BCUT2D eigenvalue weighted by Gasteiger charge is 1.96. The predicted octanol–water partition coefficient (Wildman–Crippen LogP) is 3.38. The van der Waals surface area contributed by atoms with Gasteiger partial charge in [0.2, 0.25) is 0 Å². The van der Waals surface area contributed by atoms with Gasteiger partial charge in [-0.3, -0.25) is 0 Å². The van der Waals surface area contributed by atoms with E-state index in [-0.39, 0.29) is 5.82 Å². The molecule has 0 saturated carbocycles. The minimum absolute atomic E-state index is 0.306. The number of hydrogen-bond donors (Lipinski definition) is 0. The van der Waals surface area contributed by atoms with Gasteiger partial charge in [-0.05, 0) is 11.6 Å². The van der Waals surface area contributed by atoms with E-state index in [1.54, 1.807) is 18.2 Å². The van der Waals surface area contributed by atoms with Gasteiger partial charge < -0.3 is 4.84 Å². The molecular formula is C14H12FNO. The molecule has 0 heterocycles. The molecule has 0 bridgehead atoms. The summed E-state index contributed by atoms with van der Waals surface area (Å²) in [6, 6.07) is 16.1. The summed E-state index contributed by atoms with van der Waals surface area (Å²) in [5, 5.41) is 3.73. The highest BCUT2D eigenvalue weighted by molar-refractivity contribution is 5.79. The van der Waals surface area contributed by atoms with Gasteiger partial charge in [0.05, 0.1) is 6.21 Å². The molecule has 0 aliphatic heterocycles. The lowest BCUT2D eigenvalue weighted by Crippen LogP contribution is -1.90. The summed E-state index contributed by atoms with van der Waals surface area (Å²) in [4.78, 5) is 5.08. The second-order valence-electron chi connectivity index (χ2n) is 3.52. The van der Waals surface area contributed by atoms with Crippen molar-refractivity contribution in [3.8, 4) is 0 Å². The van der Waals surface area contributed by atoms with Crippen LogP contribution in [0.1, 0.15) is 11.1 Å². The average molecular weight is 229 g/mol. The van der Waals surface area contributed by atoms with E-state index in [1.807, 2.05) is 30.3 Å². The van der Waals surface area contributed by atoms with E-state index in [0.29, 0.717) is 12.2 Å². The van der Waals surface area contributed by atoms with E-state index in [0.717, 1.165) is 5.56 Å². The lowest BCUT2D eigenvalue weighted by atomic mass is 10.2. The third-order valence-electron chi connectivity index (χ3n) is 2.25. The third kappa shape index (κ3) is 3.41. The van der Waals surface area contributed by atoms with Crippen LogP contribution in [0.2, 0.25) is 0 Å². The van der Waals surface area contributed by atoms with Crippen molar-refractivity contribution in [2.24, 2.45) is 5.16 Å². The first-order valence-corrected chi connectivity index (χ1v) is 5.30. The van der Waals surface area contributed by atoms with Crippen molar-refractivity contribution in [1.82, 2.24) is 0 Å². The Kier molecular flexibility index (Phi) is 3.86. The minimum Gasteiger partial charge on any atom is -0.391 e. The number of nitrogens with zero attached hydrogens (tertiary/aromatic N) is 1. The fourth-order valence-electron chi connectivity index (χ4n) is 1.36. The number of oxime groups is 1. The zero-order valence-corrected chi connectivity index (χ0v) is 9.21. The molecular weight excluding hydrogens is 217 g/mol. The molecule has 0 saturated heterocycles. The van der Waals surface area contributed by atoms with Crippen LogP contribution in [0.3, 0.4) is 0 Å². The van der Waals surface area contributed by atoms with Crippen LogP contribution >= 0.6 is 0 Å². The first-order chi connectivity index (χ1) is 8.36. The van der Waals surface area contributed by atoms with Gasteiger partial charge in [0.1, 0.15) is 12.4 Å². The quantitative estimate of drug-likeness (QED) is 0.581. The van der Waals surface area contributed by atoms with Gasteiger partial charge in [-0.15, -0.1) is 0 Å². The summed E-state index contributed by atoms with van der Waals surface area (Å²) in [5.74, 6) is -0.306. The summed E-state index contributed by atoms with van der Waals surface area (Å²) < 4.78 is 13.2. The molecule has 86 valence electrons. The molecule has 2 aromatic carbocycles. The predicted molar refractivity (Wildman–Crippen MR) is 65.2 cm³/mol. The van der Waals surface area contributed by atoms with Gasteiger partial charge in [0.25, 0.3) is 0 Å². The third-order valence-corrected chi connectivity index (χ3v) is 2.25. The summed E-state index contributed by atoms with van der Waals surface area (Å²) in [7, 11) is 0. The van der Waals surface area contributed by atoms with Crippen molar-refractivity contribution in [1.29, 1.82) is 0 Å². The molecule has 0 aromatic heterocycles. The lowest BCUT2D eigenvalue weighted by Gasteiger charge is -1.99. The van der Waals surface area contributed by atoms with Crippen molar-refractivity contribution in [2.45, 2.75) is 6.61 Å². The van der Waals surface area contributed by atoms with Gasteiger partial charge in [-0.25, -0.2) is 4.39 Å². The van der Waals surface area contributed by atoms with Crippen LogP contribution in [-0.2, 0) is 11.4 Å². The zero-order valence-electron chi connectivity index (χ0n) is 9.21. The maximum Gasteiger partial charge on any atom is 0.142 e. The van der Waals surface area contributed by atoms with Crippen molar-refractivity contribution < 1.29 is 9.23 Å². The van der Waals surface area contributed by atoms with Gasteiger partial charge in [-0.2, -0.15) is 0 Å². The number of rotatable bonds is 4. The second-order valence-corrected chi connectivity index (χ2v) is 3.52. The molecule has 0 N–H and O–H groups in total. The fraction of sp³-hybridized carbons (Fsp3) is 0.0714. The van der Waals surface area contributed by atoms with Crippen molar-refractivity contribution in [3.63, 3.8) is 0 Å². The maximum atomic E-state index is 13.2. The zero-order chi connectivity index (χ0) is 11.9. The van der Waals surface area contributed by atoms with E-state index in [9.17, 15) is 4.39 Å². The molecule has 0 aliphatic rings. The molecule has 2 nitrogen and oxygen atoms in total. The van der Waals surface area contributed by atoms with Crippen molar-refractivity contribution >= 4 is 6.21 Å². The van der Waals surface area contributed by atoms with Crippen LogP contribution in [0.15, 0.2) is 59.8 Å². The summed E-state index contributed by atoms with van der Waals surface area (Å²) in [6.45, 7) is 0.381. The summed E-state index contributed by atoms with van der Waals surface area (Å²) in [5.41, 5.74) is 1.44. The molecule has 0 aliphatic carbocycles. The first kappa shape index (κ1) is 11.3. The molecule has 0 unspecified atom stereocenters. The molecule has 0 spiro atoms. The number of hydrogen-bond acceptors (Lipinski definition) is 2. The highest BCUT2D eigenvalue weighted by Crippen LogP contribution is 2.04. The van der Waals surface area contributed by atoms with Crippen LogP contribution < -0.4 is 0 Å². The Bertz CT molecular complexity index is 497. The molecule has 0 fully saturated rings. The maximum absolute atomic E-state index is 13.2. The van der Waals surface area contributed by atoms with E-state index < -0.39 is 0 Å². The molecule has 0 atom stereocenters. The monoisotopic (exact) mass is 229 g/mol. The van der Waals surface area contributed by atoms with Crippen LogP contribution in [-0.4, -0.2) is 6.21 Å². The van der Waals surface area contributed by atoms with Crippen LogP contribution in [0.4, 0.5) is 4.39 Å². The molecule has 0 radical (unpaired) electrons. The smallest absolute Gasteiger partial charge is 0.142 e. The summed E-state index contributed by atoms with van der Waals surface area (Å²) >= 11 is 0. The average Bonchev–Trinajstić information content (AvgIpc) is 2.38. The Morgan fingerprint density at radius 3 is 2.47 bits per heavy atom. The molecule has 3 heteroatoms. The molecule has 0 amide bonds. The second kappa shape index (κ2) is 5.80. The van der Waals surface area contributed by atoms with E-state index in [1.165, 1.54) is 12.3 Å². The molecule has 2 rings (SSSR count). The molecule has 2 aromatic rings. The van der Waals surface area contributed by atoms with Crippen LogP contribution in [0.25, 0.3) is 0 Å². The SMILES string of the molecule is Fc1ccccc1C=NOCc1ccccc1. The van der Waals surface area contributed by atoms with Gasteiger partial charge in [0, 0.05) is 5.56 Å². The normalized spacial score (nSPS) is 10.6.